The molecule has 0 heterocycles. The topological polar surface area (TPSA) is 0 Å². The van der Waals surface area contributed by atoms with Crippen LogP contribution in [0.5, 0.6) is 0 Å². The van der Waals surface area contributed by atoms with Crippen molar-refractivity contribution in [2.45, 2.75) is 92.2 Å². The molecule has 0 bridgehead atoms. The van der Waals surface area contributed by atoms with Gasteiger partial charge in [-0.2, -0.15) is 0 Å². The van der Waals surface area contributed by atoms with Crippen LogP contribution in [0.25, 0.3) is 11.1 Å². The molecule has 0 fully saturated rings. The van der Waals surface area contributed by atoms with Crippen LogP contribution in [0.15, 0.2) is 36.4 Å². The summed E-state index contributed by atoms with van der Waals surface area (Å²) in [5, 5.41) is 3.28. The van der Waals surface area contributed by atoms with E-state index in [1.807, 2.05) is 0 Å². The second-order valence-corrected chi connectivity index (χ2v) is 16.7. The molecule has 0 aliphatic heterocycles. The van der Waals surface area contributed by atoms with Gasteiger partial charge in [0.2, 0.25) is 0 Å². The molecule has 0 unspecified atom stereocenters. The predicted molar refractivity (Wildman–Crippen MR) is 142 cm³/mol. The molecule has 2 aromatic rings. The van der Waals surface area contributed by atoms with Gasteiger partial charge in [-0.1, -0.05) is 101 Å². The van der Waals surface area contributed by atoms with Crippen molar-refractivity contribution in [3.05, 3.63) is 69.8 Å². The fourth-order valence-corrected chi connectivity index (χ4v) is 9.15. The third-order valence-electron chi connectivity index (χ3n) is 7.60. The van der Waals surface area contributed by atoms with Crippen molar-refractivity contribution in [1.29, 1.82) is 0 Å². The van der Waals surface area contributed by atoms with Gasteiger partial charge in [0, 0.05) is 0 Å². The molecule has 0 aromatic heterocycles. The summed E-state index contributed by atoms with van der Waals surface area (Å²) in [7, 11) is -1.86. The summed E-state index contributed by atoms with van der Waals surface area (Å²) in [5.74, 6) is 0. The Labute approximate surface area is 191 Å². The molecule has 4 rings (SSSR count). The second-order valence-electron chi connectivity index (χ2n) is 12.3. The minimum absolute atomic E-state index is 0.171. The maximum absolute atomic E-state index is 2.58. The van der Waals surface area contributed by atoms with E-state index in [9.17, 15) is 0 Å². The summed E-state index contributed by atoms with van der Waals surface area (Å²) in [6.45, 7) is 23.9. The first kappa shape index (κ1) is 22.3. The van der Waals surface area contributed by atoms with E-state index in [-0.39, 0.29) is 10.8 Å². The number of benzene rings is 2. The predicted octanol–water partition coefficient (Wildman–Crippen LogP) is 7.02. The van der Waals surface area contributed by atoms with Crippen molar-refractivity contribution in [2.75, 3.05) is 0 Å². The lowest BCUT2D eigenvalue weighted by Gasteiger charge is -2.33. The monoisotopic (exact) mass is 428 g/mol. The molecule has 0 nitrogen and oxygen atoms in total. The first-order valence-electron chi connectivity index (χ1n) is 11.9. The van der Waals surface area contributed by atoms with Crippen LogP contribution in [0, 0.1) is 0 Å². The normalized spacial score (nSPS) is 16.2. The highest BCUT2D eigenvalue weighted by molar-refractivity contribution is 7.01. The highest BCUT2D eigenvalue weighted by Gasteiger charge is 2.37. The van der Waals surface area contributed by atoms with Crippen molar-refractivity contribution in [1.82, 2.24) is 0 Å². The summed E-state index contributed by atoms with van der Waals surface area (Å²) in [4.78, 5) is 0. The van der Waals surface area contributed by atoms with Gasteiger partial charge in [-0.15, -0.1) is 0 Å². The minimum Gasteiger partial charge on any atom is -0.0766 e. The van der Waals surface area contributed by atoms with Crippen molar-refractivity contribution in [2.24, 2.45) is 0 Å². The van der Waals surface area contributed by atoms with E-state index in [0.29, 0.717) is 0 Å². The first-order valence-corrected chi connectivity index (χ1v) is 14.9. The Balaban J connectivity index is 1.93. The third-order valence-corrected chi connectivity index (χ3v) is 11.2. The van der Waals surface area contributed by atoms with E-state index in [1.54, 1.807) is 32.6 Å². The number of allylic oxidation sites excluding steroid dienone is 4. The summed E-state index contributed by atoms with van der Waals surface area (Å²) in [6, 6.07) is 9.88. The lowest BCUT2D eigenvalue weighted by Crippen LogP contribution is -2.56. The smallest absolute Gasteiger partial charge is 0.0766 e. The van der Waals surface area contributed by atoms with Gasteiger partial charge in [0.1, 0.15) is 8.07 Å². The van der Waals surface area contributed by atoms with Crippen molar-refractivity contribution < 1.29 is 0 Å². The molecule has 1 heteroatoms. The Kier molecular flexibility index (Phi) is 5.09. The highest BCUT2D eigenvalue weighted by Crippen LogP contribution is 2.39. The Bertz CT molecular complexity index is 1030. The molecule has 2 aliphatic carbocycles. The van der Waals surface area contributed by atoms with E-state index in [1.165, 1.54) is 22.3 Å². The zero-order valence-electron chi connectivity index (χ0n) is 21.4. The standard InChI is InChI=1S/C30H40Si/c1-19-11-13-21-25(17-15-23(27(19)21)29(3,4)5)31(9,10)26-18-16-24(30(6,7)8)28-20(2)12-14-22(26)28/h11-12,15-18H,13-14H2,1-10H3. The molecular weight excluding hydrogens is 388 g/mol. The largest absolute Gasteiger partial charge is 0.113 e. The van der Waals surface area contributed by atoms with Gasteiger partial charge in [-0.25, -0.2) is 0 Å². The number of hydrogen-bond acceptors (Lipinski definition) is 0. The van der Waals surface area contributed by atoms with Crippen LogP contribution in [0.3, 0.4) is 0 Å². The molecule has 31 heavy (non-hydrogen) atoms. The van der Waals surface area contributed by atoms with E-state index >= 15 is 0 Å². The molecule has 0 atom stereocenters. The molecule has 164 valence electrons. The number of fused-ring (bicyclic) bond motifs is 2. The van der Waals surface area contributed by atoms with Crippen molar-refractivity contribution in [3.8, 4) is 0 Å². The van der Waals surface area contributed by atoms with E-state index in [4.69, 9.17) is 0 Å². The van der Waals surface area contributed by atoms with Crippen LogP contribution in [0.1, 0.15) is 88.8 Å². The van der Waals surface area contributed by atoms with E-state index in [2.05, 4.69) is 105 Å². The van der Waals surface area contributed by atoms with Gasteiger partial charge in [0.15, 0.2) is 0 Å². The lowest BCUT2D eigenvalue weighted by molar-refractivity contribution is 0.588. The van der Waals surface area contributed by atoms with Crippen LogP contribution in [-0.2, 0) is 23.7 Å². The zero-order valence-corrected chi connectivity index (χ0v) is 22.4. The van der Waals surface area contributed by atoms with Crippen molar-refractivity contribution >= 4 is 29.6 Å². The Morgan fingerprint density at radius 3 is 1.29 bits per heavy atom. The van der Waals surface area contributed by atoms with Gasteiger partial charge in [0.25, 0.3) is 0 Å². The maximum atomic E-state index is 2.58. The lowest BCUT2D eigenvalue weighted by atomic mass is 9.81. The summed E-state index contributed by atoms with van der Waals surface area (Å²) >= 11 is 0. The Morgan fingerprint density at radius 2 is 0.968 bits per heavy atom. The Hall–Kier alpha value is -1.86. The average molecular weight is 429 g/mol. The first-order chi connectivity index (χ1) is 14.2. The number of hydrogen-bond donors (Lipinski definition) is 0. The summed E-state index contributed by atoms with van der Waals surface area (Å²) < 4.78 is 0. The van der Waals surface area contributed by atoms with Gasteiger partial charge in [0.05, 0.1) is 0 Å². The molecule has 2 aliphatic rings. The third kappa shape index (κ3) is 3.50. The maximum Gasteiger partial charge on any atom is 0.113 e. The van der Waals surface area contributed by atoms with Gasteiger partial charge in [-0.05, 0) is 82.0 Å². The summed E-state index contributed by atoms with van der Waals surface area (Å²) in [6.07, 6.45) is 7.09. The van der Waals surface area contributed by atoms with Crippen LogP contribution >= 0.6 is 0 Å². The molecule has 0 saturated carbocycles. The van der Waals surface area contributed by atoms with Crippen molar-refractivity contribution in [3.63, 3.8) is 0 Å². The molecular formula is C30H40Si. The van der Waals surface area contributed by atoms with Gasteiger partial charge >= 0.3 is 0 Å². The molecule has 0 radical (unpaired) electrons. The molecule has 0 amide bonds. The fourth-order valence-electron chi connectivity index (χ4n) is 5.90. The number of rotatable bonds is 2. The molecule has 2 aromatic carbocycles. The van der Waals surface area contributed by atoms with E-state index in [0.717, 1.165) is 12.8 Å². The molecule has 0 spiro atoms. The van der Waals surface area contributed by atoms with Crippen LogP contribution < -0.4 is 10.4 Å². The molecule has 0 saturated heterocycles. The van der Waals surface area contributed by atoms with Crippen LogP contribution in [0.2, 0.25) is 13.1 Å². The van der Waals surface area contributed by atoms with Crippen LogP contribution in [-0.4, -0.2) is 8.07 Å². The van der Waals surface area contributed by atoms with Gasteiger partial charge < -0.3 is 0 Å². The minimum atomic E-state index is -1.86. The van der Waals surface area contributed by atoms with E-state index < -0.39 is 8.07 Å². The van der Waals surface area contributed by atoms with Crippen LogP contribution in [0.4, 0.5) is 0 Å². The Morgan fingerprint density at radius 1 is 0.613 bits per heavy atom. The zero-order chi connectivity index (χ0) is 22.9. The fraction of sp³-hybridized carbons (Fsp3) is 0.467. The second kappa shape index (κ2) is 7.07. The highest BCUT2D eigenvalue weighted by atomic mass is 28.3. The quantitative estimate of drug-likeness (QED) is 0.451. The SMILES string of the molecule is CC1=CCc2c([Si](C)(C)c3ccc(C(C)(C)C)c4c3CC=C4C)ccc(C(C)(C)C)c21. The average Bonchev–Trinajstić information content (AvgIpc) is 3.22. The molecule has 0 N–H and O–H groups in total. The summed E-state index contributed by atoms with van der Waals surface area (Å²) in [5.41, 5.74) is 12.6. The van der Waals surface area contributed by atoms with Gasteiger partial charge in [-0.3, -0.25) is 0 Å².